The van der Waals surface area contributed by atoms with Crippen LogP contribution in [0.1, 0.15) is 24.1 Å². The van der Waals surface area contributed by atoms with Gasteiger partial charge >= 0.3 is 0 Å². The first-order valence-electron chi connectivity index (χ1n) is 6.45. The van der Waals surface area contributed by atoms with E-state index in [1.54, 1.807) is 4.68 Å². The molecule has 2 aromatic rings. The lowest BCUT2D eigenvalue weighted by atomic mass is 10.0. The van der Waals surface area contributed by atoms with Crippen molar-refractivity contribution in [2.24, 2.45) is 7.05 Å². The number of nitriles is 1. The summed E-state index contributed by atoms with van der Waals surface area (Å²) >= 11 is 0. The highest BCUT2D eigenvalue weighted by Crippen LogP contribution is 2.18. The van der Waals surface area contributed by atoms with Crippen LogP contribution in [-0.4, -0.2) is 16.3 Å². The number of rotatable bonds is 5. The van der Waals surface area contributed by atoms with Crippen molar-refractivity contribution >= 4 is 5.69 Å². The van der Waals surface area contributed by atoms with E-state index >= 15 is 0 Å². The van der Waals surface area contributed by atoms with Crippen LogP contribution < -0.4 is 5.32 Å². The largest absolute Gasteiger partial charge is 0.381 e. The number of aromatic nitrogens is 2. The second-order valence-corrected chi connectivity index (χ2v) is 4.49. The zero-order valence-corrected chi connectivity index (χ0v) is 11.3. The fraction of sp³-hybridized carbons (Fsp3) is 0.333. The van der Waals surface area contributed by atoms with Crippen LogP contribution in [-0.2, 0) is 13.5 Å². The molecule has 2 rings (SSSR count). The van der Waals surface area contributed by atoms with Gasteiger partial charge in [0.15, 0.2) is 0 Å². The van der Waals surface area contributed by atoms with E-state index in [1.807, 2.05) is 43.6 Å². The van der Waals surface area contributed by atoms with E-state index in [0.717, 1.165) is 23.4 Å². The molecule has 0 aliphatic rings. The Labute approximate surface area is 113 Å². The molecule has 0 aliphatic heterocycles. The lowest BCUT2D eigenvalue weighted by Gasteiger charge is -2.11. The third-order valence-electron chi connectivity index (χ3n) is 3.09. The van der Waals surface area contributed by atoms with Crippen LogP contribution in [0.2, 0.25) is 0 Å². The Morgan fingerprint density at radius 3 is 2.74 bits per heavy atom. The normalized spacial score (nSPS) is 11.8. The van der Waals surface area contributed by atoms with Crippen molar-refractivity contribution in [3.8, 4) is 6.07 Å². The molecule has 0 saturated carbocycles. The lowest BCUT2D eigenvalue weighted by Crippen LogP contribution is -2.11. The van der Waals surface area contributed by atoms with E-state index in [9.17, 15) is 5.26 Å². The molecule has 1 unspecified atom stereocenters. The Morgan fingerprint density at radius 1 is 1.37 bits per heavy atom. The number of hydrogen-bond acceptors (Lipinski definition) is 3. The summed E-state index contributed by atoms with van der Waals surface area (Å²) < 4.78 is 1.80. The molecule has 0 radical (unpaired) electrons. The van der Waals surface area contributed by atoms with Gasteiger partial charge in [0, 0.05) is 19.8 Å². The van der Waals surface area contributed by atoms with Crippen molar-refractivity contribution in [2.75, 3.05) is 11.9 Å². The van der Waals surface area contributed by atoms with E-state index in [-0.39, 0.29) is 5.92 Å². The summed E-state index contributed by atoms with van der Waals surface area (Å²) in [6.07, 6.45) is 2.84. The molecule has 1 aromatic heterocycles. The van der Waals surface area contributed by atoms with Crippen molar-refractivity contribution in [2.45, 2.75) is 19.3 Å². The third-order valence-corrected chi connectivity index (χ3v) is 3.09. The molecule has 1 atom stereocenters. The van der Waals surface area contributed by atoms with Gasteiger partial charge in [-0.2, -0.15) is 10.4 Å². The second-order valence-electron chi connectivity index (χ2n) is 4.49. The molecule has 0 fully saturated rings. The van der Waals surface area contributed by atoms with Crippen LogP contribution in [0, 0.1) is 11.3 Å². The summed E-state index contributed by atoms with van der Waals surface area (Å²) in [5.41, 5.74) is 3.09. The topological polar surface area (TPSA) is 53.6 Å². The predicted molar refractivity (Wildman–Crippen MR) is 75.9 cm³/mol. The van der Waals surface area contributed by atoms with Crippen LogP contribution in [0.25, 0.3) is 0 Å². The highest BCUT2D eigenvalue weighted by molar-refractivity contribution is 5.47. The number of hydrogen-bond donors (Lipinski definition) is 1. The van der Waals surface area contributed by atoms with E-state index in [2.05, 4.69) is 23.4 Å². The Morgan fingerprint density at radius 2 is 2.11 bits per heavy atom. The zero-order valence-electron chi connectivity index (χ0n) is 11.3. The van der Waals surface area contributed by atoms with Gasteiger partial charge in [0.05, 0.1) is 23.4 Å². The zero-order chi connectivity index (χ0) is 13.7. The maximum Gasteiger partial charge on any atom is 0.0885 e. The molecule has 0 spiro atoms. The van der Waals surface area contributed by atoms with Crippen molar-refractivity contribution in [3.63, 3.8) is 0 Å². The van der Waals surface area contributed by atoms with Gasteiger partial charge in [0.2, 0.25) is 0 Å². The summed E-state index contributed by atoms with van der Waals surface area (Å²) in [6.45, 7) is 2.67. The average molecular weight is 254 g/mol. The summed E-state index contributed by atoms with van der Waals surface area (Å²) in [5.74, 6) is -0.147. The van der Waals surface area contributed by atoms with Gasteiger partial charge in [-0.05, 0) is 12.0 Å². The molecular weight excluding hydrogens is 236 g/mol. The van der Waals surface area contributed by atoms with E-state index < -0.39 is 0 Å². The second kappa shape index (κ2) is 6.05. The molecule has 0 amide bonds. The Bertz CT molecular complexity index is 566. The van der Waals surface area contributed by atoms with E-state index in [1.165, 1.54) is 0 Å². The summed E-state index contributed by atoms with van der Waals surface area (Å²) in [5, 5.41) is 17.0. The van der Waals surface area contributed by atoms with Gasteiger partial charge in [-0.25, -0.2) is 0 Å². The SMILES string of the molecule is CCc1nn(C)cc1NCC(C#N)c1ccccc1. The number of benzene rings is 1. The maximum atomic E-state index is 9.28. The van der Waals surface area contributed by atoms with Crippen LogP contribution in [0.3, 0.4) is 0 Å². The van der Waals surface area contributed by atoms with Crippen molar-refractivity contribution in [1.29, 1.82) is 5.26 Å². The highest BCUT2D eigenvalue weighted by atomic mass is 15.3. The molecule has 98 valence electrons. The van der Waals surface area contributed by atoms with Gasteiger partial charge in [0.1, 0.15) is 0 Å². The van der Waals surface area contributed by atoms with Crippen LogP contribution in [0.4, 0.5) is 5.69 Å². The molecule has 0 saturated heterocycles. The molecule has 1 N–H and O–H groups in total. The minimum Gasteiger partial charge on any atom is -0.381 e. The van der Waals surface area contributed by atoms with Gasteiger partial charge < -0.3 is 5.32 Å². The monoisotopic (exact) mass is 254 g/mol. The van der Waals surface area contributed by atoms with Crippen LogP contribution in [0.5, 0.6) is 0 Å². The summed E-state index contributed by atoms with van der Waals surface area (Å²) in [6, 6.07) is 12.2. The predicted octanol–water partition coefficient (Wildman–Crippen LogP) is 2.70. The standard InChI is InChI=1S/C15H18N4/c1-3-14-15(11-19(2)18-14)17-10-13(9-16)12-7-5-4-6-8-12/h4-8,11,13,17H,3,10H2,1-2H3. The highest BCUT2D eigenvalue weighted by Gasteiger charge is 2.12. The first-order valence-corrected chi connectivity index (χ1v) is 6.45. The molecule has 19 heavy (non-hydrogen) atoms. The van der Waals surface area contributed by atoms with Gasteiger partial charge in [-0.15, -0.1) is 0 Å². The molecule has 1 aromatic carbocycles. The fourth-order valence-electron chi connectivity index (χ4n) is 2.08. The minimum atomic E-state index is -0.147. The van der Waals surface area contributed by atoms with Crippen molar-refractivity contribution < 1.29 is 0 Å². The average Bonchev–Trinajstić information content (AvgIpc) is 2.81. The molecule has 0 bridgehead atoms. The smallest absolute Gasteiger partial charge is 0.0885 e. The Balaban J connectivity index is 2.07. The number of aryl methyl sites for hydroxylation is 2. The quantitative estimate of drug-likeness (QED) is 0.892. The Hall–Kier alpha value is -2.28. The van der Waals surface area contributed by atoms with Gasteiger partial charge in [-0.1, -0.05) is 37.3 Å². The first kappa shape index (κ1) is 13.2. The van der Waals surface area contributed by atoms with Crippen molar-refractivity contribution in [1.82, 2.24) is 9.78 Å². The third kappa shape index (κ3) is 3.14. The van der Waals surface area contributed by atoms with Crippen LogP contribution >= 0.6 is 0 Å². The summed E-state index contributed by atoms with van der Waals surface area (Å²) in [4.78, 5) is 0. The van der Waals surface area contributed by atoms with E-state index in [4.69, 9.17) is 0 Å². The summed E-state index contributed by atoms with van der Waals surface area (Å²) in [7, 11) is 1.91. The molecule has 1 heterocycles. The van der Waals surface area contributed by atoms with E-state index in [0.29, 0.717) is 6.54 Å². The lowest BCUT2D eigenvalue weighted by molar-refractivity contribution is 0.746. The Kier molecular flexibility index (Phi) is 4.19. The van der Waals surface area contributed by atoms with Gasteiger partial charge in [-0.3, -0.25) is 4.68 Å². The van der Waals surface area contributed by atoms with Crippen molar-refractivity contribution in [3.05, 3.63) is 47.8 Å². The minimum absolute atomic E-state index is 0.147. The number of nitrogens with one attached hydrogen (secondary N) is 1. The number of nitrogens with zero attached hydrogens (tertiary/aromatic N) is 3. The number of anilines is 1. The first-order chi connectivity index (χ1) is 9.24. The van der Waals surface area contributed by atoms with Crippen LogP contribution in [0.15, 0.2) is 36.5 Å². The molecule has 4 heteroatoms. The molecular formula is C15H18N4. The molecule has 4 nitrogen and oxygen atoms in total. The maximum absolute atomic E-state index is 9.28. The van der Waals surface area contributed by atoms with Gasteiger partial charge in [0.25, 0.3) is 0 Å². The molecule has 0 aliphatic carbocycles. The fourth-order valence-corrected chi connectivity index (χ4v) is 2.08.